The summed E-state index contributed by atoms with van der Waals surface area (Å²) < 4.78 is 19.3. The highest BCUT2D eigenvalue weighted by molar-refractivity contribution is 7.18. The molecule has 3 aromatic rings. The monoisotopic (exact) mass is 338 g/mol. The Morgan fingerprint density at radius 1 is 1.27 bits per heavy atom. The van der Waals surface area contributed by atoms with E-state index in [1.165, 1.54) is 24.3 Å². The van der Waals surface area contributed by atoms with Crippen molar-refractivity contribution in [1.29, 1.82) is 0 Å². The van der Waals surface area contributed by atoms with Crippen molar-refractivity contribution >= 4 is 28.7 Å². The Labute approximate surface area is 132 Å². The van der Waals surface area contributed by atoms with E-state index < -0.39 is 11.6 Å². The van der Waals surface area contributed by atoms with Gasteiger partial charge in [-0.15, -0.1) is 16.4 Å². The van der Waals surface area contributed by atoms with E-state index in [9.17, 15) is 14.0 Å². The molecular formula is C14H8ClFN2O3S. The molecule has 1 aromatic carbocycles. The minimum atomic E-state index is -0.754. The molecule has 22 heavy (non-hydrogen) atoms. The van der Waals surface area contributed by atoms with Gasteiger partial charge in [-0.05, 0) is 36.4 Å². The van der Waals surface area contributed by atoms with E-state index in [0.717, 1.165) is 16.0 Å². The van der Waals surface area contributed by atoms with Crippen LogP contribution in [-0.4, -0.2) is 15.6 Å². The molecule has 0 aliphatic carbocycles. The molecule has 0 spiro atoms. The van der Waals surface area contributed by atoms with Gasteiger partial charge in [0.1, 0.15) is 12.4 Å². The first-order chi connectivity index (χ1) is 10.5. The Morgan fingerprint density at radius 3 is 2.64 bits per heavy atom. The van der Waals surface area contributed by atoms with Gasteiger partial charge in [0.05, 0.1) is 9.21 Å². The van der Waals surface area contributed by atoms with E-state index in [1.54, 1.807) is 12.1 Å². The van der Waals surface area contributed by atoms with Crippen molar-refractivity contribution in [3.05, 3.63) is 62.0 Å². The Balaban J connectivity index is 1.85. The lowest BCUT2D eigenvalue weighted by Crippen LogP contribution is -2.21. The number of benzene rings is 1. The first-order valence-corrected chi connectivity index (χ1v) is 7.35. The van der Waals surface area contributed by atoms with Gasteiger partial charge in [-0.3, -0.25) is 4.79 Å². The van der Waals surface area contributed by atoms with Crippen LogP contribution in [-0.2, 0) is 6.54 Å². The number of Topliss-reactive ketones (excluding diaryl/α,β-unsaturated/α-hetero) is 1. The Hall–Kier alpha value is -2.25. The van der Waals surface area contributed by atoms with Crippen LogP contribution >= 0.6 is 22.9 Å². The van der Waals surface area contributed by atoms with Crippen LogP contribution in [0.4, 0.5) is 4.39 Å². The minimum Gasteiger partial charge on any atom is -0.388 e. The van der Waals surface area contributed by atoms with E-state index in [1.807, 2.05) is 0 Å². The highest BCUT2D eigenvalue weighted by Gasteiger charge is 2.15. The summed E-state index contributed by atoms with van der Waals surface area (Å²) >= 11 is 6.89. The van der Waals surface area contributed by atoms with Crippen LogP contribution in [0.25, 0.3) is 11.5 Å². The zero-order valence-corrected chi connectivity index (χ0v) is 12.5. The number of thiophene rings is 1. The van der Waals surface area contributed by atoms with Crippen molar-refractivity contribution in [2.45, 2.75) is 6.54 Å². The maximum absolute atomic E-state index is 12.9. The number of carbonyl (C=O) groups is 1. The van der Waals surface area contributed by atoms with E-state index in [4.69, 9.17) is 16.0 Å². The summed E-state index contributed by atoms with van der Waals surface area (Å²) in [5.41, 5.74) is 0.448. The molecule has 8 heteroatoms. The zero-order chi connectivity index (χ0) is 15.7. The lowest BCUT2D eigenvalue weighted by molar-refractivity contribution is 0.0969. The first kappa shape index (κ1) is 14.7. The normalized spacial score (nSPS) is 10.8. The van der Waals surface area contributed by atoms with Gasteiger partial charge in [0.15, 0.2) is 5.78 Å². The quantitative estimate of drug-likeness (QED) is 0.685. The van der Waals surface area contributed by atoms with Crippen LogP contribution < -0.4 is 5.76 Å². The molecule has 0 radical (unpaired) electrons. The molecule has 2 aromatic heterocycles. The highest BCUT2D eigenvalue weighted by atomic mass is 35.5. The lowest BCUT2D eigenvalue weighted by atomic mass is 10.2. The third kappa shape index (κ3) is 3.00. The number of nitrogens with zero attached hydrogens (tertiary/aromatic N) is 2. The summed E-state index contributed by atoms with van der Waals surface area (Å²) in [6.07, 6.45) is 0. The fourth-order valence-electron chi connectivity index (χ4n) is 1.79. The predicted molar refractivity (Wildman–Crippen MR) is 79.8 cm³/mol. The number of carbonyl (C=O) groups excluding carboxylic acids is 1. The molecule has 3 rings (SSSR count). The zero-order valence-electron chi connectivity index (χ0n) is 11.0. The number of rotatable bonds is 4. The summed E-state index contributed by atoms with van der Waals surface area (Å²) in [6, 6.07) is 8.52. The number of halogens is 2. The molecule has 0 N–H and O–H groups in total. The fraction of sp³-hybridized carbons (Fsp3) is 0.0714. The largest absolute Gasteiger partial charge is 0.437 e. The molecule has 0 saturated carbocycles. The molecule has 0 aliphatic heterocycles. The molecule has 0 bridgehead atoms. The SMILES string of the molecule is O=C(Cn1nc(-c2ccc(F)cc2)oc1=O)c1ccc(Cl)s1. The highest BCUT2D eigenvalue weighted by Crippen LogP contribution is 2.22. The van der Waals surface area contributed by atoms with Crippen molar-refractivity contribution in [1.82, 2.24) is 9.78 Å². The topological polar surface area (TPSA) is 65.1 Å². The number of hydrogen-bond donors (Lipinski definition) is 0. The summed E-state index contributed by atoms with van der Waals surface area (Å²) in [6.45, 7) is -0.250. The third-order valence-corrected chi connectivity index (χ3v) is 4.11. The van der Waals surface area contributed by atoms with Gasteiger partial charge >= 0.3 is 5.76 Å². The van der Waals surface area contributed by atoms with Crippen LogP contribution in [0.2, 0.25) is 4.34 Å². The van der Waals surface area contributed by atoms with Crippen molar-refractivity contribution in [2.24, 2.45) is 0 Å². The van der Waals surface area contributed by atoms with Crippen molar-refractivity contribution < 1.29 is 13.6 Å². The minimum absolute atomic E-state index is 0.0296. The Bertz CT molecular complexity index is 882. The van der Waals surface area contributed by atoms with Crippen molar-refractivity contribution in [2.75, 3.05) is 0 Å². The first-order valence-electron chi connectivity index (χ1n) is 6.15. The average Bonchev–Trinajstić information content (AvgIpc) is 3.07. The van der Waals surface area contributed by atoms with Crippen LogP contribution in [0.1, 0.15) is 9.67 Å². The second-order valence-corrected chi connectivity index (χ2v) is 6.08. The molecule has 112 valence electrons. The maximum atomic E-state index is 12.9. The second-order valence-electron chi connectivity index (χ2n) is 4.36. The van der Waals surface area contributed by atoms with Gasteiger partial charge in [-0.25, -0.2) is 9.18 Å². The van der Waals surface area contributed by atoms with Gasteiger partial charge in [-0.1, -0.05) is 11.6 Å². The Morgan fingerprint density at radius 2 is 2.00 bits per heavy atom. The smallest absolute Gasteiger partial charge is 0.388 e. The molecule has 0 saturated heterocycles. The molecular weight excluding hydrogens is 331 g/mol. The fourth-order valence-corrected chi connectivity index (χ4v) is 2.77. The molecule has 0 fully saturated rings. The molecule has 0 aliphatic rings. The van der Waals surface area contributed by atoms with E-state index in [-0.39, 0.29) is 18.2 Å². The van der Waals surface area contributed by atoms with Crippen molar-refractivity contribution in [3.63, 3.8) is 0 Å². The van der Waals surface area contributed by atoms with Gasteiger partial charge in [0.2, 0.25) is 5.89 Å². The molecule has 2 heterocycles. The number of ketones is 1. The van der Waals surface area contributed by atoms with Gasteiger partial charge < -0.3 is 4.42 Å². The average molecular weight is 339 g/mol. The standard InChI is InChI=1S/C14H8ClFN2O3S/c15-12-6-5-11(22-12)10(19)7-18-14(20)21-13(17-18)8-1-3-9(16)4-2-8/h1-6H,7H2. The van der Waals surface area contributed by atoms with Crippen LogP contribution in [0.5, 0.6) is 0 Å². The van der Waals surface area contributed by atoms with Crippen LogP contribution in [0.3, 0.4) is 0 Å². The van der Waals surface area contributed by atoms with Crippen LogP contribution in [0, 0.1) is 5.82 Å². The van der Waals surface area contributed by atoms with E-state index >= 15 is 0 Å². The second kappa shape index (κ2) is 5.86. The maximum Gasteiger partial charge on any atom is 0.437 e. The van der Waals surface area contributed by atoms with E-state index in [0.29, 0.717) is 14.8 Å². The summed E-state index contributed by atoms with van der Waals surface area (Å²) in [5, 5.41) is 3.95. The summed E-state index contributed by atoms with van der Waals surface area (Å²) in [4.78, 5) is 24.2. The molecule has 0 amide bonds. The number of hydrogen-bond acceptors (Lipinski definition) is 5. The van der Waals surface area contributed by atoms with Gasteiger partial charge in [0.25, 0.3) is 0 Å². The molecule has 5 nitrogen and oxygen atoms in total. The third-order valence-electron chi connectivity index (χ3n) is 2.84. The Kier molecular flexibility index (Phi) is 3.91. The summed E-state index contributed by atoms with van der Waals surface area (Å²) in [7, 11) is 0. The van der Waals surface area contributed by atoms with Crippen molar-refractivity contribution in [3.8, 4) is 11.5 Å². The molecule has 0 unspecified atom stereocenters. The summed E-state index contributed by atoms with van der Waals surface area (Å²) in [5.74, 6) is -1.43. The van der Waals surface area contributed by atoms with Gasteiger partial charge in [-0.2, -0.15) is 4.68 Å². The van der Waals surface area contributed by atoms with E-state index in [2.05, 4.69) is 5.10 Å². The predicted octanol–water partition coefficient (Wildman–Crippen LogP) is 3.24. The lowest BCUT2D eigenvalue weighted by Gasteiger charge is -1.96. The number of aromatic nitrogens is 2. The van der Waals surface area contributed by atoms with Crippen LogP contribution in [0.15, 0.2) is 45.6 Å². The molecule has 0 atom stereocenters. The van der Waals surface area contributed by atoms with Gasteiger partial charge in [0, 0.05) is 5.56 Å².